The Morgan fingerprint density at radius 2 is 1.77 bits per heavy atom. The summed E-state index contributed by atoms with van der Waals surface area (Å²) in [6.07, 6.45) is -1.28. The Labute approximate surface area is 177 Å². The highest BCUT2D eigenvalue weighted by atomic mass is 35.5. The van der Waals surface area contributed by atoms with Crippen molar-refractivity contribution in [3.63, 3.8) is 0 Å². The molecule has 10 nitrogen and oxygen atoms in total. The zero-order valence-corrected chi connectivity index (χ0v) is 17.4. The number of amides is 1. The van der Waals surface area contributed by atoms with Gasteiger partial charge in [-0.25, -0.2) is 8.42 Å². The number of sulfonamides is 1. The Morgan fingerprint density at radius 1 is 1.13 bits per heavy atom. The first-order chi connectivity index (χ1) is 14.0. The molecule has 30 heavy (non-hydrogen) atoms. The van der Waals surface area contributed by atoms with E-state index < -0.39 is 39.0 Å². The van der Waals surface area contributed by atoms with E-state index in [0.717, 1.165) is 6.07 Å². The molecular weight excluding hydrogens is 438 g/mol. The molecule has 0 saturated heterocycles. The molecule has 2 aromatic carbocycles. The van der Waals surface area contributed by atoms with Crippen molar-refractivity contribution < 1.29 is 27.7 Å². The second-order valence-electron chi connectivity index (χ2n) is 6.17. The van der Waals surface area contributed by atoms with Gasteiger partial charge in [0.05, 0.1) is 9.82 Å². The number of nitrogens with one attached hydrogen (secondary N) is 2. The van der Waals surface area contributed by atoms with Crippen LogP contribution >= 0.6 is 11.6 Å². The number of non-ortho nitro benzene ring substituents is 1. The van der Waals surface area contributed by atoms with Crippen LogP contribution in [0.4, 0.5) is 11.4 Å². The maximum absolute atomic E-state index is 12.3. The molecule has 2 atom stereocenters. The topological polar surface area (TPSA) is 145 Å². The molecule has 2 unspecified atom stereocenters. The molecule has 160 valence electrons. The molecule has 0 saturated carbocycles. The van der Waals surface area contributed by atoms with Gasteiger partial charge in [-0.15, -0.1) is 0 Å². The second kappa shape index (κ2) is 9.65. The van der Waals surface area contributed by atoms with Crippen LogP contribution in [0.3, 0.4) is 0 Å². The van der Waals surface area contributed by atoms with Gasteiger partial charge in [0.25, 0.3) is 11.6 Å². The summed E-state index contributed by atoms with van der Waals surface area (Å²) in [5, 5.41) is 13.5. The van der Waals surface area contributed by atoms with Gasteiger partial charge in [-0.05, 0) is 44.2 Å². The van der Waals surface area contributed by atoms with E-state index in [1.54, 1.807) is 0 Å². The van der Waals surface area contributed by atoms with Gasteiger partial charge in [0.15, 0.2) is 6.10 Å². The molecule has 0 aliphatic rings. The Hall–Kier alpha value is -3.02. The lowest BCUT2D eigenvalue weighted by Crippen LogP contribution is -2.42. The summed E-state index contributed by atoms with van der Waals surface area (Å²) in [5.41, 5.74) is -0.0729. The molecule has 0 radical (unpaired) electrons. The zero-order valence-electron chi connectivity index (χ0n) is 15.9. The van der Waals surface area contributed by atoms with Gasteiger partial charge < -0.3 is 10.1 Å². The third-order valence-corrected chi connectivity index (χ3v) is 5.60. The minimum absolute atomic E-state index is 0.0944. The van der Waals surface area contributed by atoms with Crippen LogP contribution in [0.15, 0.2) is 53.4 Å². The molecule has 12 heteroatoms. The smallest absolute Gasteiger partial charge is 0.324 e. The van der Waals surface area contributed by atoms with Gasteiger partial charge in [0.1, 0.15) is 6.04 Å². The third kappa shape index (κ3) is 6.24. The first kappa shape index (κ1) is 23.3. The summed E-state index contributed by atoms with van der Waals surface area (Å²) in [5.74, 6) is -1.72. The van der Waals surface area contributed by atoms with Crippen LogP contribution < -0.4 is 10.0 Å². The molecule has 2 N–H and O–H groups in total. The first-order valence-corrected chi connectivity index (χ1v) is 10.4. The number of rotatable bonds is 8. The summed E-state index contributed by atoms with van der Waals surface area (Å²) >= 11 is 5.73. The van der Waals surface area contributed by atoms with E-state index in [0.29, 0.717) is 5.02 Å². The number of hydrogen-bond acceptors (Lipinski definition) is 7. The fraction of sp³-hybridized carbons (Fsp3) is 0.222. The Balaban J connectivity index is 1.97. The van der Waals surface area contributed by atoms with Crippen molar-refractivity contribution in [1.29, 1.82) is 0 Å². The van der Waals surface area contributed by atoms with E-state index in [1.807, 2.05) is 0 Å². The van der Waals surface area contributed by atoms with E-state index in [2.05, 4.69) is 10.0 Å². The standard InChI is InChI=1S/C18H18ClN3O7S/c1-11(21-30(27,28)16-8-6-13(19)7-9-16)18(24)29-12(2)17(23)20-14-4-3-5-15(10-14)22(25)26/h3-12,21H,1-2H3,(H,20,23). The van der Waals surface area contributed by atoms with Crippen molar-refractivity contribution in [2.45, 2.75) is 30.9 Å². The van der Waals surface area contributed by atoms with Gasteiger partial charge in [0, 0.05) is 22.8 Å². The van der Waals surface area contributed by atoms with Crippen LogP contribution in [0.1, 0.15) is 13.8 Å². The van der Waals surface area contributed by atoms with Crippen LogP contribution in [0.5, 0.6) is 0 Å². The van der Waals surface area contributed by atoms with Gasteiger partial charge >= 0.3 is 5.97 Å². The molecule has 0 aliphatic carbocycles. The Kier molecular flexibility index (Phi) is 7.48. The molecule has 1 amide bonds. The highest BCUT2D eigenvalue weighted by Gasteiger charge is 2.26. The third-order valence-electron chi connectivity index (χ3n) is 3.80. The number of nitro benzene ring substituents is 1. The number of carbonyl (C=O) groups is 2. The predicted octanol–water partition coefficient (Wildman–Crippen LogP) is 2.49. The van der Waals surface area contributed by atoms with Crippen molar-refractivity contribution in [2.75, 3.05) is 5.32 Å². The molecule has 0 heterocycles. The van der Waals surface area contributed by atoms with Crippen molar-refractivity contribution >= 4 is 44.9 Å². The van der Waals surface area contributed by atoms with Crippen LogP contribution in [-0.2, 0) is 24.3 Å². The number of halogens is 1. The Morgan fingerprint density at radius 3 is 2.37 bits per heavy atom. The quantitative estimate of drug-likeness (QED) is 0.353. The van der Waals surface area contributed by atoms with Crippen LogP contribution in [-0.4, -0.2) is 37.4 Å². The van der Waals surface area contributed by atoms with Gasteiger partial charge in [0.2, 0.25) is 10.0 Å². The van der Waals surface area contributed by atoms with Gasteiger partial charge in [-0.3, -0.25) is 19.7 Å². The molecule has 0 spiro atoms. The SMILES string of the molecule is CC(NS(=O)(=O)c1ccc(Cl)cc1)C(=O)OC(C)C(=O)Nc1cccc([N+](=O)[O-])c1. The number of esters is 1. The number of carbonyl (C=O) groups excluding carboxylic acids is 2. The number of nitro groups is 1. The Bertz CT molecular complexity index is 1060. The monoisotopic (exact) mass is 455 g/mol. The largest absolute Gasteiger partial charge is 0.451 e. The maximum Gasteiger partial charge on any atom is 0.324 e. The highest BCUT2D eigenvalue weighted by Crippen LogP contribution is 2.18. The molecule has 0 bridgehead atoms. The lowest BCUT2D eigenvalue weighted by Gasteiger charge is -2.17. The predicted molar refractivity (Wildman–Crippen MR) is 109 cm³/mol. The second-order valence-corrected chi connectivity index (χ2v) is 8.32. The van der Waals surface area contributed by atoms with Crippen LogP contribution in [0.2, 0.25) is 5.02 Å². The van der Waals surface area contributed by atoms with E-state index in [-0.39, 0.29) is 16.3 Å². The number of nitrogens with zero attached hydrogens (tertiary/aromatic N) is 1. The molecule has 2 rings (SSSR count). The summed E-state index contributed by atoms with van der Waals surface area (Å²) < 4.78 is 31.8. The van der Waals surface area contributed by atoms with Crippen LogP contribution in [0, 0.1) is 10.1 Å². The lowest BCUT2D eigenvalue weighted by atomic mass is 10.2. The molecule has 2 aromatic rings. The summed E-state index contributed by atoms with van der Waals surface area (Å²) in [6, 6.07) is 9.27. The fourth-order valence-corrected chi connectivity index (χ4v) is 3.55. The normalized spacial score (nSPS) is 13.2. The van der Waals surface area contributed by atoms with E-state index >= 15 is 0 Å². The van der Waals surface area contributed by atoms with E-state index in [4.69, 9.17) is 16.3 Å². The minimum Gasteiger partial charge on any atom is -0.451 e. The van der Waals surface area contributed by atoms with Crippen molar-refractivity contribution in [1.82, 2.24) is 4.72 Å². The molecule has 0 fully saturated rings. The van der Waals surface area contributed by atoms with E-state index in [1.165, 1.54) is 56.3 Å². The molecular formula is C18H18ClN3O7S. The fourth-order valence-electron chi connectivity index (χ4n) is 2.23. The number of benzene rings is 2. The number of hydrogen-bond donors (Lipinski definition) is 2. The first-order valence-electron chi connectivity index (χ1n) is 8.53. The summed E-state index contributed by atoms with van der Waals surface area (Å²) in [4.78, 5) is 34.4. The van der Waals surface area contributed by atoms with Crippen molar-refractivity contribution in [3.05, 3.63) is 63.7 Å². The lowest BCUT2D eigenvalue weighted by molar-refractivity contribution is -0.384. The van der Waals surface area contributed by atoms with E-state index in [9.17, 15) is 28.1 Å². The highest BCUT2D eigenvalue weighted by molar-refractivity contribution is 7.89. The number of ether oxygens (including phenoxy) is 1. The van der Waals surface area contributed by atoms with Gasteiger partial charge in [-0.1, -0.05) is 17.7 Å². The van der Waals surface area contributed by atoms with Crippen molar-refractivity contribution in [2.24, 2.45) is 0 Å². The summed E-state index contributed by atoms with van der Waals surface area (Å²) in [6.45, 7) is 2.55. The average molecular weight is 456 g/mol. The van der Waals surface area contributed by atoms with Crippen molar-refractivity contribution in [3.8, 4) is 0 Å². The molecule has 0 aromatic heterocycles. The maximum atomic E-state index is 12.3. The van der Waals surface area contributed by atoms with Gasteiger partial charge in [-0.2, -0.15) is 4.72 Å². The molecule has 0 aliphatic heterocycles. The zero-order chi connectivity index (χ0) is 22.5. The average Bonchev–Trinajstić information content (AvgIpc) is 2.68. The summed E-state index contributed by atoms with van der Waals surface area (Å²) in [7, 11) is -4.01. The minimum atomic E-state index is -4.01. The van der Waals surface area contributed by atoms with Crippen LogP contribution in [0.25, 0.3) is 0 Å². The number of anilines is 1.